The van der Waals surface area contributed by atoms with Crippen molar-refractivity contribution in [1.29, 1.82) is 0 Å². The molecule has 0 N–H and O–H groups in total. The molecule has 6 heteroatoms. The predicted molar refractivity (Wildman–Crippen MR) is 87.3 cm³/mol. The fourth-order valence-electron chi connectivity index (χ4n) is 3.33. The number of aromatic nitrogens is 2. The molecule has 2 heterocycles. The minimum Gasteiger partial charge on any atom is -0.334 e. The highest BCUT2D eigenvalue weighted by molar-refractivity contribution is 5.93. The van der Waals surface area contributed by atoms with Gasteiger partial charge in [0.1, 0.15) is 12.2 Å². The number of carbonyl (C=O) groups is 1. The zero-order chi connectivity index (χ0) is 17.3. The molecule has 1 amide bonds. The smallest absolute Gasteiger partial charge is 0.272 e. The molecule has 0 saturated carbocycles. The van der Waals surface area contributed by atoms with Crippen LogP contribution in [0.1, 0.15) is 40.9 Å². The zero-order valence-electron chi connectivity index (χ0n) is 13.8. The molecule has 24 heavy (non-hydrogen) atoms. The third kappa shape index (κ3) is 3.32. The van der Waals surface area contributed by atoms with Gasteiger partial charge in [-0.2, -0.15) is 5.10 Å². The maximum atomic E-state index is 12.8. The highest BCUT2D eigenvalue weighted by Crippen LogP contribution is 2.32. The van der Waals surface area contributed by atoms with Crippen LogP contribution in [0.15, 0.2) is 36.5 Å². The summed E-state index contributed by atoms with van der Waals surface area (Å²) in [6, 6.07) is 9.92. The van der Waals surface area contributed by atoms with Gasteiger partial charge in [0.15, 0.2) is 0 Å². The summed E-state index contributed by atoms with van der Waals surface area (Å²) in [4.78, 5) is 14.5. The van der Waals surface area contributed by atoms with Crippen LogP contribution in [0.2, 0.25) is 0 Å². The lowest BCUT2D eigenvalue weighted by Crippen LogP contribution is -2.35. The van der Waals surface area contributed by atoms with Crippen molar-refractivity contribution < 1.29 is 13.6 Å². The summed E-state index contributed by atoms with van der Waals surface area (Å²) in [7, 11) is 0. The summed E-state index contributed by atoms with van der Waals surface area (Å²) in [6.45, 7) is 4.08. The quantitative estimate of drug-likeness (QED) is 0.859. The molecule has 0 radical (unpaired) electrons. The van der Waals surface area contributed by atoms with Crippen molar-refractivity contribution in [3.05, 3.63) is 53.3 Å². The Balaban J connectivity index is 1.76. The molecule has 128 valence electrons. The first kappa shape index (κ1) is 16.6. The number of halogens is 2. The summed E-state index contributed by atoms with van der Waals surface area (Å²) in [5.41, 5.74) is 2.64. The fraction of sp³-hybridized carbons (Fsp3) is 0.444. The van der Waals surface area contributed by atoms with Gasteiger partial charge in [-0.15, -0.1) is 0 Å². The van der Waals surface area contributed by atoms with Crippen molar-refractivity contribution in [2.24, 2.45) is 0 Å². The Bertz CT molecular complexity index is 711. The number of aryl methyl sites for hydroxylation is 1. The molecule has 1 fully saturated rings. The summed E-state index contributed by atoms with van der Waals surface area (Å²) < 4.78 is 26.3. The summed E-state index contributed by atoms with van der Waals surface area (Å²) >= 11 is 0. The average molecular weight is 333 g/mol. The van der Waals surface area contributed by atoms with E-state index in [0.717, 1.165) is 11.1 Å². The summed E-state index contributed by atoms with van der Waals surface area (Å²) in [5.74, 6) is 0.0475. The van der Waals surface area contributed by atoms with Crippen molar-refractivity contribution in [3.8, 4) is 0 Å². The van der Waals surface area contributed by atoms with Crippen molar-refractivity contribution in [2.75, 3.05) is 6.54 Å². The largest absolute Gasteiger partial charge is 0.334 e. The van der Waals surface area contributed by atoms with E-state index in [-0.39, 0.29) is 23.6 Å². The van der Waals surface area contributed by atoms with Crippen LogP contribution >= 0.6 is 0 Å². The summed E-state index contributed by atoms with van der Waals surface area (Å²) in [6.07, 6.45) is -0.265. The standard InChI is InChI=1S/C18H21F2N3O/c1-12-3-5-14(6-4-12)15-9-13(2)22(10-15)18(24)16-7-8-21-23(16)11-17(19)20/h3-8,13,15,17H,9-11H2,1-2H3/t13-,15+/m1/s1. The number of hydrogen-bond donors (Lipinski definition) is 0. The molecule has 1 aliphatic heterocycles. The van der Waals surface area contributed by atoms with Gasteiger partial charge >= 0.3 is 0 Å². The van der Waals surface area contributed by atoms with E-state index in [2.05, 4.69) is 29.4 Å². The Morgan fingerprint density at radius 3 is 2.67 bits per heavy atom. The zero-order valence-corrected chi connectivity index (χ0v) is 13.8. The summed E-state index contributed by atoms with van der Waals surface area (Å²) in [5, 5.41) is 3.85. The molecule has 4 nitrogen and oxygen atoms in total. The van der Waals surface area contributed by atoms with E-state index in [1.54, 1.807) is 4.90 Å². The SMILES string of the molecule is Cc1ccc([C@H]2C[C@@H](C)N(C(=O)c3ccnn3CC(F)F)C2)cc1. The molecular formula is C18H21F2N3O. The van der Waals surface area contributed by atoms with Gasteiger partial charge in [-0.05, 0) is 31.9 Å². The first-order valence-electron chi connectivity index (χ1n) is 8.13. The molecule has 1 aromatic carbocycles. The Labute approximate surface area is 140 Å². The van der Waals surface area contributed by atoms with Crippen LogP contribution in [0, 0.1) is 6.92 Å². The van der Waals surface area contributed by atoms with Crippen LogP contribution in [0.25, 0.3) is 0 Å². The van der Waals surface area contributed by atoms with Crippen LogP contribution in [0.5, 0.6) is 0 Å². The average Bonchev–Trinajstić information content (AvgIpc) is 3.13. The first-order chi connectivity index (χ1) is 11.5. The second-order valence-corrected chi connectivity index (χ2v) is 6.44. The molecule has 0 bridgehead atoms. The van der Waals surface area contributed by atoms with Crippen LogP contribution in [-0.4, -0.2) is 39.6 Å². The highest BCUT2D eigenvalue weighted by Gasteiger charge is 2.34. The molecule has 1 aromatic heterocycles. The normalized spacial score (nSPS) is 20.8. The van der Waals surface area contributed by atoms with Crippen LogP contribution < -0.4 is 0 Å². The lowest BCUT2D eigenvalue weighted by molar-refractivity contribution is 0.0720. The molecule has 2 aromatic rings. The van der Waals surface area contributed by atoms with Crippen molar-refractivity contribution in [3.63, 3.8) is 0 Å². The minimum atomic E-state index is -2.53. The van der Waals surface area contributed by atoms with E-state index in [1.807, 2.05) is 13.8 Å². The van der Waals surface area contributed by atoms with E-state index >= 15 is 0 Å². The van der Waals surface area contributed by atoms with E-state index in [1.165, 1.54) is 23.4 Å². The molecule has 3 rings (SSSR count). The number of carbonyl (C=O) groups excluding carboxylic acids is 1. The topological polar surface area (TPSA) is 38.1 Å². The second kappa shape index (κ2) is 6.71. The van der Waals surface area contributed by atoms with Gasteiger partial charge in [0.05, 0.1) is 0 Å². The second-order valence-electron chi connectivity index (χ2n) is 6.44. The third-order valence-corrected chi connectivity index (χ3v) is 4.63. The maximum absolute atomic E-state index is 12.8. The Hall–Kier alpha value is -2.24. The Kier molecular flexibility index (Phi) is 4.64. The third-order valence-electron chi connectivity index (χ3n) is 4.63. The van der Waals surface area contributed by atoms with Gasteiger partial charge < -0.3 is 4.90 Å². The number of benzene rings is 1. The monoisotopic (exact) mass is 333 g/mol. The predicted octanol–water partition coefficient (Wildman–Crippen LogP) is 3.47. The van der Waals surface area contributed by atoms with E-state index in [4.69, 9.17) is 0 Å². The van der Waals surface area contributed by atoms with Crippen molar-refractivity contribution in [1.82, 2.24) is 14.7 Å². The van der Waals surface area contributed by atoms with Gasteiger partial charge in [0, 0.05) is 24.7 Å². The maximum Gasteiger partial charge on any atom is 0.272 e. The molecule has 0 unspecified atom stereocenters. The molecule has 1 aliphatic rings. The van der Waals surface area contributed by atoms with Crippen LogP contribution in [0.4, 0.5) is 8.78 Å². The Morgan fingerprint density at radius 2 is 2.00 bits per heavy atom. The number of nitrogens with zero attached hydrogens (tertiary/aromatic N) is 3. The molecule has 0 spiro atoms. The lowest BCUT2D eigenvalue weighted by Gasteiger charge is -2.22. The van der Waals surface area contributed by atoms with Gasteiger partial charge in [-0.1, -0.05) is 29.8 Å². The van der Waals surface area contributed by atoms with E-state index < -0.39 is 13.0 Å². The van der Waals surface area contributed by atoms with Crippen molar-refractivity contribution >= 4 is 5.91 Å². The van der Waals surface area contributed by atoms with E-state index in [9.17, 15) is 13.6 Å². The number of amides is 1. The first-order valence-corrected chi connectivity index (χ1v) is 8.13. The van der Waals surface area contributed by atoms with Gasteiger partial charge in [0.2, 0.25) is 0 Å². The molecule has 0 aliphatic carbocycles. The highest BCUT2D eigenvalue weighted by atomic mass is 19.3. The van der Waals surface area contributed by atoms with Crippen molar-refractivity contribution in [2.45, 2.75) is 45.2 Å². The molecule has 1 saturated heterocycles. The number of rotatable bonds is 4. The van der Waals surface area contributed by atoms with E-state index in [0.29, 0.717) is 6.54 Å². The Morgan fingerprint density at radius 1 is 1.29 bits per heavy atom. The number of likely N-dealkylation sites (tertiary alicyclic amines) is 1. The van der Waals surface area contributed by atoms with Gasteiger partial charge in [0.25, 0.3) is 12.3 Å². The fourth-order valence-corrected chi connectivity index (χ4v) is 3.33. The van der Waals surface area contributed by atoms with Crippen LogP contribution in [-0.2, 0) is 6.54 Å². The molecular weight excluding hydrogens is 312 g/mol. The van der Waals surface area contributed by atoms with Gasteiger partial charge in [-0.3, -0.25) is 9.48 Å². The molecule has 2 atom stereocenters. The van der Waals surface area contributed by atoms with Crippen LogP contribution in [0.3, 0.4) is 0 Å². The minimum absolute atomic E-state index is 0.0682. The number of alkyl halides is 2. The van der Waals surface area contributed by atoms with Gasteiger partial charge in [-0.25, -0.2) is 8.78 Å². The number of hydrogen-bond acceptors (Lipinski definition) is 2. The lowest BCUT2D eigenvalue weighted by atomic mass is 9.96.